The van der Waals surface area contributed by atoms with Crippen molar-refractivity contribution in [2.75, 3.05) is 18.5 Å². The number of likely N-dealkylation sites (N-methyl/N-ethyl adjacent to an activating group) is 1. The molecular weight excluding hydrogens is 243 g/mol. The number of amides is 1. The minimum absolute atomic E-state index is 0.0526. The van der Waals surface area contributed by atoms with Crippen LogP contribution in [0.2, 0.25) is 0 Å². The maximum Gasteiger partial charge on any atom is 0.270 e. The third-order valence-electron chi connectivity index (χ3n) is 2.59. The molecule has 0 saturated carbocycles. The Kier molecular flexibility index (Phi) is 5.22. The van der Waals surface area contributed by atoms with Gasteiger partial charge in [-0.15, -0.1) is 0 Å². The topological polar surface area (TPSA) is 32.3 Å². The zero-order chi connectivity index (χ0) is 12.8. The summed E-state index contributed by atoms with van der Waals surface area (Å²) in [5.41, 5.74) is -0.943. The molecule has 0 spiro atoms. The second-order valence-electron chi connectivity index (χ2n) is 3.84. The second-order valence-corrected chi connectivity index (χ2v) is 4.22. The van der Waals surface area contributed by atoms with Gasteiger partial charge in [0.1, 0.15) is 0 Å². The lowest BCUT2D eigenvalue weighted by Gasteiger charge is -2.27. The number of anilines is 1. The normalized spacial score (nSPS) is 13.9. The SMILES string of the molecule is CC(CNC(=O)C(F)Cl)N(C)c1ccccc1. The van der Waals surface area contributed by atoms with E-state index < -0.39 is 11.5 Å². The molecule has 0 aliphatic heterocycles. The molecule has 2 atom stereocenters. The molecular formula is C12H16ClFN2O. The molecule has 0 bridgehead atoms. The Morgan fingerprint density at radius 1 is 1.47 bits per heavy atom. The van der Waals surface area contributed by atoms with E-state index >= 15 is 0 Å². The van der Waals surface area contributed by atoms with E-state index in [0.29, 0.717) is 6.54 Å². The van der Waals surface area contributed by atoms with E-state index in [0.717, 1.165) is 5.69 Å². The van der Waals surface area contributed by atoms with Crippen LogP contribution in [0.5, 0.6) is 0 Å². The Bertz CT molecular complexity index is 359. The second kappa shape index (κ2) is 6.45. The molecule has 0 radical (unpaired) electrons. The molecule has 1 aromatic rings. The summed E-state index contributed by atoms with van der Waals surface area (Å²) in [6.45, 7) is 2.28. The van der Waals surface area contributed by atoms with Gasteiger partial charge in [-0.1, -0.05) is 29.8 Å². The van der Waals surface area contributed by atoms with Crippen LogP contribution in [0.3, 0.4) is 0 Å². The summed E-state index contributed by atoms with van der Waals surface area (Å²) in [7, 11) is 1.92. The summed E-state index contributed by atoms with van der Waals surface area (Å²) < 4.78 is 12.4. The summed E-state index contributed by atoms with van der Waals surface area (Å²) >= 11 is 5.02. The van der Waals surface area contributed by atoms with E-state index in [1.54, 1.807) is 0 Å². The van der Waals surface area contributed by atoms with Gasteiger partial charge in [-0.25, -0.2) is 4.39 Å². The average Bonchev–Trinajstić information content (AvgIpc) is 2.35. The fraction of sp³-hybridized carbons (Fsp3) is 0.417. The van der Waals surface area contributed by atoms with Gasteiger partial charge in [-0.05, 0) is 19.1 Å². The highest BCUT2D eigenvalue weighted by Gasteiger charge is 2.15. The first-order valence-electron chi connectivity index (χ1n) is 5.36. The molecule has 3 nitrogen and oxygen atoms in total. The smallest absolute Gasteiger partial charge is 0.270 e. The number of alkyl halides is 2. The van der Waals surface area contributed by atoms with Crippen molar-refractivity contribution in [3.8, 4) is 0 Å². The first-order chi connectivity index (χ1) is 8.02. The molecule has 1 rings (SSSR count). The molecule has 0 aromatic heterocycles. The van der Waals surface area contributed by atoms with Crippen molar-refractivity contribution in [2.45, 2.75) is 18.6 Å². The van der Waals surface area contributed by atoms with Gasteiger partial charge in [-0.2, -0.15) is 0 Å². The number of carbonyl (C=O) groups excluding carboxylic acids is 1. The van der Waals surface area contributed by atoms with Gasteiger partial charge in [0.25, 0.3) is 11.5 Å². The van der Waals surface area contributed by atoms with E-state index in [4.69, 9.17) is 11.6 Å². The van der Waals surface area contributed by atoms with E-state index in [1.807, 2.05) is 49.2 Å². The zero-order valence-corrected chi connectivity index (χ0v) is 10.6. The van der Waals surface area contributed by atoms with Crippen LogP contribution in [0.1, 0.15) is 6.92 Å². The van der Waals surface area contributed by atoms with Crippen molar-refractivity contribution in [2.24, 2.45) is 0 Å². The number of hydrogen-bond donors (Lipinski definition) is 1. The molecule has 5 heteroatoms. The maximum atomic E-state index is 12.4. The average molecular weight is 259 g/mol. The van der Waals surface area contributed by atoms with Crippen LogP contribution in [0.15, 0.2) is 30.3 Å². The minimum Gasteiger partial charge on any atom is -0.370 e. The van der Waals surface area contributed by atoms with E-state index in [9.17, 15) is 9.18 Å². The molecule has 1 amide bonds. The van der Waals surface area contributed by atoms with Crippen molar-refractivity contribution >= 4 is 23.2 Å². The summed E-state index contributed by atoms with van der Waals surface area (Å²) in [5.74, 6) is -0.792. The van der Waals surface area contributed by atoms with Gasteiger partial charge >= 0.3 is 0 Å². The number of nitrogens with zero attached hydrogens (tertiary/aromatic N) is 1. The zero-order valence-electron chi connectivity index (χ0n) is 9.86. The lowest BCUT2D eigenvalue weighted by atomic mass is 10.2. The minimum atomic E-state index is -1.98. The number of halogens is 2. The Balaban J connectivity index is 2.48. The highest BCUT2D eigenvalue weighted by atomic mass is 35.5. The number of para-hydroxylation sites is 1. The lowest BCUT2D eigenvalue weighted by molar-refractivity contribution is -0.123. The van der Waals surface area contributed by atoms with Gasteiger partial charge in [0.05, 0.1) is 0 Å². The predicted octanol–water partition coefficient (Wildman–Crippen LogP) is 2.16. The third kappa shape index (κ3) is 4.23. The van der Waals surface area contributed by atoms with Crippen LogP contribution in [0, 0.1) is 0 Å². The van der Waals surface area contributed by atoms with Crippen molar-refractivity contribution in [3.63, 3.8) is 0 Å². The Morgan fingerprint density at radius 2 is 2.06 bits per heavy atom. The number of carbonyl (C=O) groups is 1. The molecule has 0 aliphatic carbocycles. The van der Waals surface area contributed by atoms with Crippen LogP contribution >= 0.6 is 11.6 Å². The Hall–Kier alpha value is -1.29. The van der Waals surface area contributed by atoms with Crippen molar-refractivity contribution in [1.82, 2.24) is 5.32 Å². The third-order valence-corrected chi connectivity index (χ3v) is 2.79. The van der Waals surface area contributed by atoms with E-state index in [-0.39, 0.29) is 6.04 Å². The number of hydrogen-bond acceptors (Lipinski definition) is 2. The maximum absolute atomic E-state index is 12.4. The summed E-state index contributed by atoms with van der Waals surface area (Å²) in [4.78, 5) is 13.0. The highest BCUT2D eigenvalue weighted by molar-refractivity contribution is 6.29. The lowest BCUT2D eigenvalue weighted by Crippen LogP contribution is -2.41. The summed E-state index contributed by atoms with van der Waals surface area (Å²) in [6, 6.07) is 9.80. The summed E-state index contributed by atoms with van der Waals surface area (Å²) in [6.07, 6.45) is 0. The first kappa shape index (κ1) is 13.8. The molecule has 0 saturated heterocycles. The number of benzene rings is 1. The molecule has 94 valence electrons. The van der Waals surface area contributed by atoms with Gasteiger partial charge in [0.2, 0.25) is 0 Å². The van der Waals surface area contributed by atoms with Gasteiger partial charge in [0, 0.05) is 25.3 Å². The van der Waals surface area contributed by atoms with Gasteiger partial charge in [0.15, 0.2) is 0 Å². The number of rotatable bonds is 5. The fourth-order valence-corrected chi connectivity index (χ4v) is 1.46. The van der Waals surface area contributed by atoms with Crippen molar-refractivity contribution < 1.29 is 9.18 Å². The predicted molar refractivity (Wildman–Crippen MR) is 68.1 cm³/mol. The van der Waals surface area contributed by atoms with Crippen LogP contribution in [-0.4, -0.2) is 31.2 Å². The van der Waals surface area contributed by atoms with Gasteiger partial charge in [-0.3, -0.25) is 4.79 Å². The monoisotopic (exact) mass is 258 g/mol. The molecule has 2 unspecified atom stereocenters. The van der Waals surface area contributed by atoms with Crippen LogP contribution < -0.4 is 10.2 Å². The Morgan fingerprint density at radius 3 is 2.59 bits per heavy atom. The Labute approximate surface area is 106 Å². The van der Waals surface area contributed by atoms with Gasteiger partial charge < -0.3 is 10.2 Å². The molecule has 1 N–H and O–H groups in total. The summed E-state index contributed by atoms with van der Waals surface area (Å²) in [5, 5.41) is 2.44. The van der Waals surface area contributed by atoms with Crippen LogP contribution in [0.25, 0.3) is 0 Å². The highest BCUT2D eigenvalue weighted by Crippen LogP contribution is 2.13. The van der Waals surface area contributed by atoms with Crippen LogP contribution in [-0.2, 0) is 4.79 Å². The molecule has 17 heavy (non-hydrogen) atoms. The molecule has 0 aliphatic rings. The first-order valence-corrected chi connectivity index (χ1v) is 5.79. The number of nitrogens with one attached hydrogen (secondary N) is 1. The largest absolute Gasteiger partial charge is 0.370 e. The van der Waals surface area contributed by atoms with E-state index in [1.165, 1.54) is 0 Å². The molecule has 1 aromatic carbocycles. The molecule has 0 fully saturated rings. The van der Waals surface area contributed by atoms with Crippen LogP contribution in [0.4, 0.5) is 10.1 Å². The quantitative estimate of drug-likeness (QED) is 0.821. The molecule has 0 heterocycles. The van der Waals surface area contributed by atoms with Crippen molar-refractivity contribution in [3.05, 3.63) is 30.3 Å². The standard InChI is InChI=1S/C12H16ClFN2O/c1-9(8-15-12(17)11(13)14)16(2)10-6-4-3-5-7-10/h3-7,9,11H,8H2,1-2H3,(H,15,17). The fourth-order valence-electron chi connectivity index (χ4n) is 1.38. The van der Waals surface area contributed by atoms with Crippen molar-refractivity contribution in [1.29, 1.82) is 0 Å². The van der Waals surface area contributed by atoms with E-state index in [2.05, 4.69) is 5.32 Å².